The molecule has 0 radical (unpaired) electrons. The molecular weight excluding hydrogens is 280 g/mol. The first-order chi connectivity index (χ1) is 10.3. The molecular formula is C16H16N4S. The normalized spacial score (nSPS) is 11.5. The van der Waals surface area contributed by atoms with Crippen LogP contribution >= 0.6 is 12.2 Å². The molecule has 0 spiro atoms. The summed E-state index contributed by atoms with van der Waals surface area (Å²) < 4.78 is 2.22. The summed E-state index contributed by atoms with van der Waals surface area (Å²) in [6, 6.07) is 14.4. The number of aryl methyl sites for hydroxylation is 1. The highest BCUT2D eigenvalue weighted by atomic mass is 32.1. The lowest BCUT2D eigenvalue weighted by Crippen LogP contribution is -1.98. The monoisotopic (exact) mass is 296 g/mol. The minimum Gasteiger partial charge on any atom is -0.250 e. The number of nitrogens with one attached hydrogen (secondary N) is 1. The molecule has 5 heteroatoms. The van der Waals surface area contributed by atoms with Gasteiger partial charge in [-0.15, -0.1) is 0 Å². The fraction of sp³-hybridized carbons (Fsp3) is 0.188. The van der Waals surface area contributed by atoms with Crippen LogP contribution in [-0.4, -0.2) is 21.1 Å². The smallest absolute Gasteiger partial charge is 0.216 e. The van der Waals surface area contributed by atoms with Crippen LogP contribution < -0.4 is 0 Å². The van der Waals surface area contributed by atoms with Gasteiger partial charge in [0.1, 0.15) is 0 Å². The Balaban J connectivity index is 2.02. The van der Waals surface area contributed by atoms with Crippen LogP contribution in [0.4, 0.5) is 0 Å². The predicted molar refractivity (Wildman–Crippen MR) is 88.3 cm³/mol. The quantitative estimate of drug-likeness (QED) is 0.585. The summed E-state index contributed by atoms with van der Waals surface area (Å²) in [6.45, 7) is 2.11. The van der Waals surface area contributed by atoms with Crippen LogP contribution in [0.25, 0.3) is 10.8 Å². The molecule has 1 N–H and O–H groups in total. The van der Waals surface area contributed by atoms with Gasteiger partial charge in [0.15, 0.2) is 5.82 Å². The van der Waals surface area contributed by atoms with Crippen LogP contribution in [0.15, 0.2) is 47.6 Å². The molecule has 3 aromatic rings. The summed E-state index contributed by atoms with van der Waals surface area (Å²) in [5.74, 6) is 0.860. The number of hydrogen-bond donors (Lipinski definition) is 1. The number of nitrogens with zero attached hydrogens (tertiary/aromatic N) is 3. The molecule has 3 rings (SSSR count). The molecule has 21 heavy (non-hydrogen) atoms. The molecule has 2 aromatic carbocycles. The second-order valence-corrected chi connectivity index (χ2v) is 5.21. The van der Waals surface area contributed by atoms with Crippen LogP contribution in [0.3, 0.4) is 0 Å². The van der Waals surface area contributed by atoms with Crippen molar-refractivity contribution in [3.05, 3.63) is 58.6 Å². The molecule has 1 aromatic heterocycles. The molecule has 0 bridgehead atoms. The van der Waals surface area contributed by atoms with Crippen molar-refractivity contribution in [2.45, 2.75) is 19.8 Å². The third kappa shape index (κ3) is 2.78. The number of rotatable bonds is 4. The van der Waals surface area contributed by atoms with E-state index in [1.54, 1.807) is 4.68 Å². The summed E-state index contributed by atoms with van der Waals surface area (Å²) in [6.07, 6.45) is 3.69. The molecule has 0 atom stereocenters. The summed E-state index contributed by atoms with van der Waals surface area (Å²) in [7, 11) is 0. The maximum atomic E-state index is 5.23. The highest BCUT2D eigenvalue weighted by molar-refractivity contribution is 7.71. The van der Waals surface area contributed by atoms with Crippen molar-refractivity contribution in [3.8, 4) is 0 Å². The van der Waals surface area contributed by atoms with Gasteiger partial charge < -0.3 is 0 Å². The average Bonchev–Trinajstić information content (AvgIpc) is 2.86. The number of aromatic nitrogens is 3. The topological polar surface area (TPSA) is 46.0 Å². The van der Waals surface area contributed by atoms with Gasteiger partial charge >= 0.3 is 0 Å². The zero-order valence-electron chi connectivity index (χ0n) is 11.8. The van der Waals surface area contributed by atoms with Gasteiger partial charge in [-0.2, -0.15) is 14.9 Å². The molecule has 0 unspecified atom stereocenters. The summed E-state index contributed by atoms with van der Waals surface area (Å²) in [5.41, 5.74) is 1.07. The van der Waals surface area contributed by atoms with Gasteiger partial charge in [-0.05, 0) is 29.4 Å². The zero-order chi connectivity index (χ0) is 14.7. The van der Waals surface area contributed by atoms with Gasteiger partial charge in [0.05, 0.1) is 6.21 Å². The van der Waals surface area contributed by atoms with Crippen molar-refractivity contribution in [2.75, 3.05) is 0 Å². The Hall–Kier alpha value is -2.27. The highest BCUT2D eigenvalue weighted by Crippen LogP contribution is 2.17. The van der Waals surface area contributed by atoms with Gasteiger partial charge in [0.25, 0.3) is 0 Å². The molecule has 0 aliphatic carbocycles. The van der Waals surface area contributed by atoms with Gasteiger partial charge in [-0.3, -0.25) is 5.10 Å². The van der Waals surface area contributed by atoms with E-state index in [0.717, 1.165) is 24.2 Å². The van der Waals surface area contributed by atoms with Gasteiger partial charge in [0, 0.05) is 12.0 Å². The molecule has 106 valence electrons. The third-order valence-electron chi connectivity index (χ3n) is 3.33. The Morgan fingerprint density at radius 1 is 1.24 bits per heavy atom. The van der Waals surface area contributed by atoms with E-state index < -0.39 is 0 Å². The van der Waals surface area contributed by atoms with E-state index in [0.29, 0.717) is 4.77 Å². The van der Waals surface area contributed by atoms with Crippen molar-refractivity contribution in [2.24, 2.45) is 5.10 Å². The highest BCUT2D eigenvalue weighted by Gasteiger charge is 2.03. The molecule has 0 saturated carbocycles. The number of aromatic amines is 1. The number of hydrogen-bond acceptors (Lipinski definition) is 3. The standard InChI is InChI=1S/C16H16N4S/c1-2-6-15-18-19-16(21)20(15)17-11-13-9-5-8-12-7-3-4-10-14(12)13/h3-5,7-11H,2,6H2,1H3,(H,19,21)/b17-11-. The predicted octanol–water partition coefficient (Wildman–Crippen LogP) is 3.93. The van der Waals surface area contributed by atoms with Crippen LogP contribution in [0.2, 0.25) is 0 Å². The summed E-state index contributed by atoms with van der Waals surface area (Å²) in [4.78, 5) is 0. The lowest BCUT2D eigenvalue weighted by Gasteiger charge is -2.02. The SMILES string of the molecule is CCCc1n[nH]c(=S)n1/N=C\c1cccc2ccccc12. The van der Waals surface area contributed by atoms with Crippen molar-refractivity contribution >= 4 is 29.2 Å². The van der Waals surface area contributed by atoms with Crippen LogP contribution in [0.1, 0.15) is 24.7 Å². The Labute approximate surface area is 128 Å². The maximum Gasteiger partial charge on any atom is 0.216 e. The van der Waals surface area contributed by atoms with Gasteiger partial charge in [-0.1, -0.05) is 49.4 Å². The van der Waals surface area contributed by atoms with E-state index in [9.17, 15) is 0 Å². The minimum absolute atomic E-state index is 0.523. The van der Waals surface area contributed by atoms with E-state index in [4.69, 9.17) is 12.2 Å². The first-order valence-corrected chi connectivity index (χ1v) is 7.39. The Bertz CT molecular complexity index is 839. The first-order valence-electron chi connectivity index (χ1n) is 6.98. The van der Waals surface area contributed by atoms with E-state index in [-0.39, 0.29) is 0 Å². The molecule has 0 amide bonds. The minimum atomic E-state index is 0.523. The van der Waals surface area contributed by atoms with E-state index in [2.05, 4.69) is 46.5 Å². The first kappa shape index (κ1) is 13.7. The number of H-pyrrole nitrogens is 1. The molecule has 0 aliphatic rings. The van der Waals surface area contributed by atoms with E-state index >= 15 is 0 Å². The lowest BCUT2D eigenvalue weighted by molar-refractivity contribution is 0.740. The van der Waals surface area contributed by atoms with Crippen molar-refractivity contribution in [1.82, 2.24) is 14.9 Å². The third-order valence-corrected chi connectivity index (χ3v) is 3.59. The van der Waals surface area contributed by atoms with Crippen LogP contribution in [0, 0.1) is 4.77 Å². The lowest BCUT2D eigenvalue weighted by atomic mass is 10.1. The summed E-state index contributed by atoms with van der Waals surface area (Å²) in [5, 5.41) is 13.9. The molecule has 0 aliphatic heterocycles. The number of fused-ring (bicyclic) bond motifs is 1. The van der Waals surface area contributed by atoms with E-state index in [1.165, 1.54) is 10.8 Å². The fourth-order valence-corrected chi connectivity index (χ4v) is 2.51. The van der Waals surface area contributed by atoms with Crippen molar-refractivity contribution in [1.29, 1.82) is 0 Å². The Kier molecular flexibility index (Phi) is 3.92. The zero-order valence-corrected chi connectivity index (χ0v) is 12.6. The van der Waals surface area contributed by atoms with Crippen molar-refractivity contribution in [3.63, 3.8) is 0 Å². The molecule has 0 fully saturated rings. The molecule has 1 heterocycles. The van der Waals surface area contributed by atoms with E-state index in [1.807, 2.05) is 24.4 Å². The molecule has 0 saturated heterocycles. The van der Waals surface area contributed by atoms with Crippen molar-refractivity contribution < 1.29 is 0 Å². The molecule has 4 nitrogen and oxygen atoms in total. The fourth-order valence-electron chi connectivity index (χ4n) is 2.31. The Morgan fingerprint density at radius 2 is 2.05 bits per heavy atom. The maximum absolute atomic E-state index is 5.23. The summed E-state index contributed by atoms with van der Waals surface area (Å²) >= 11 is 5.23. The van der Waals surface area contributed by atoms with Crippen LogP contribution in [0.5, 0.6) is 0 Å². The Morgan fingerprint density at radius 3 is 2.90 bits per heavy atom. The second-order valence-electron chi connectivity index (χ2n) is 4.82. The largest absolute Gasteiger partial charge is 0.250 e. The van der Waals surface area contributed by atoms with Gasteiger partial charge in [0.2, 0.25) is 4.77 Å². The van der Waals surface area contributed by atoms with Gasteiger partial charge in [-0.25, -0.2) is 0 Å². The average molecular weight is 296 g/mol. The number of benzene rings is 2. The van der Waals surface area contributed by atoms with Crippen LogP contribution in [-0.2, 0) is 6.42 Å². The second kappa shape index (κ2) is 6.01.